The highest BCUT2D eigenvalue weighted by molar-refractivity contribution is 6.34. The summed E-state index contributed by atoms with van der Waals surface area (Å²) in [6, 6.07) is 20.5. The topological polar surface area (TPSA) is 51.1 Å². The van der Waals surface area contributed by atoms with Gasteiger partial charge >= 0.3 is 0 Å². The van der Waals surface area contributed by atoms with Crippen LogP contribution >= 0.6 is 11.6 Å². The number of halogens is 1. The van der Waals surface area contributed by atoms with Gasteiger partial charge in [-0.15, -0.1) is 0 Å². The number of benzene rings is 3. The Balaban J connectivity index is 1.81. The molecule has 1 aliphatic rings. The predicted octanol–water partition coefficient (Wildman–Crippen LogP) is 5.50. The number of amides is 1. The summed E-state index contributed by atoms with van der Waals surface area (Å²) in [6.45, 7) is 1.99. The molecule has 0 unspecified atom stereocenters. The van der Waals surface area contributed by atoms with Crippen LogP contribution in [0.5, 0.6) is 11.5 Å². The Morgan fingerprint density at radius 2 is 1.68 bits per heavy atom. The third-order valence-electron chi connectivity index (χ3n) is 4.93. The van der Waals surface area contributed by atoms with Crippen molar-refractivity contribution in [3.05, 3.63) is 94.1 Å². The molecule has 0 fully saturated rings. The van der Waals surface area contributed by atoms with Crippen LogP contribution in [0.3, 0.4) is 0 Å². The highest BCUT2D eigenvalue weighted by Crippen LogP contribution is 2.31. The molecule has 6 heteroatoms. The van der Waals surface area contributed by atoms with E-state index in [1.807, 2.05) is 55.5 Å². The van der Waals surface area contributed by atoms with E-state index in [-0.39, 0.29) is 5.91 Å². The minimum Gasteiger partial charge on any atom is -0.493 e. The van der Waals surface area contributed by atoms with Gasteiger partial charge in [-0.25, -0.2) is 4.99 Å². The molecular weight excluding hydrogens is 412 g/mol. The Kier molecular flexibility index (Phi) is 5.78. The summed E-state index contributed by atoms with van der Waals surface area (Å²) in [5.74, 6) is 1.55. The van der Waals surface area contributed by atoms with Gasteiger partial charge in [0.15, 0.2) is 11.5 Å². The molecule has 0 N–H and O–H groups in total. The average molecular weight is 433 g/mol. The lowest BCUT2D eigenvalue weighted by atomic mass is 10.1. The predicted molar refractivity (Wildman–Crippen MR) is 124 cm³/mol. The molecule has 3 aromatic rings. The summed E-state index contributed by atoms with van der Waals surface area (Å²) in [7, 11) is 3.16. The number of nitrogens with zero attached hydrogens (tertiary/aromatic N) is 2. The first-order valence-electron chi connectivity index (χ1n) is 9.69. The van der Waals surface area contributed by atoms with E-state index in [2.05, 4.69) is 4.99 Å². The van der Waals surface area contributed by atoms with Crippen molar-refractivity contribution in [1.82, 2.24) is 0 Å². The molecular formula is C25H21ClN2O3. The van der Waals surface area contributed by atoms with Crippen LogP contribution in [0.1, 0.15) is 16.7 Å². The van der Waals surface area contributed by atoms with Crippen LogP contribution in [-0.4, -0.2) is 26.0 Å². The highest BCUT2D eigenvalue weighted by atomic mass is 35.5. The second-order valence-electron chi connectivity index (χ2n) is 7.07. The smallest absolute Gasteiger partial charge is 0.282 e. The Morgan fingerprint density at radius 3 is 2.35 bits per heavy atom. The summed E-state index contributed by atoms with van der Waals surface area (Å²) in [6.07, 6.45) is 1.75. The fourth-order valence-corrected chi connectivity index (χ4v) is 3.54. The van der Waals surface area contributed by atoms with Crippen LogP contribution in [0.4, 0.5) is 5.69 Å². The molecule has 0 saturated heterocycles. The highest BCUT2D eigenvalue weighted by Gasteiger charge is 2.32. The average Bonchev–Trinajstić information content (AvgIpc) is 3.10. The normalized spacial score (nSPS) is 14.7. The van der Waals surface area contributed by atoms with E-state index >= 15 is 0 Å². The number of anilines is 1. The zero-order valence-electron chi connectivity index (χ0n) is 17.4. The third kappa shape index (κ3) is 4.18. The van der Waals surface area contributed by atoms with E-state index in [4.69, 9.17) is 21.1 Å². The summed E-state index contributed by atoms with van der Waals surface area (Å²) in [5.41, 5.74) is 3.73. The van der Waals surface area contributed by atoms with Gasteiger partial charge in [0.2, 0.25) is 0 Å². The van der Waals surface area contributed by atoms with Crippen LogP contribution in [-0.2, 0) is 4.79 Å². The quantitative estimate of drug-likeness (QED) is 0.500. The molecule has 0 bridgehead atoms. The minimum absolute atomic E-state index is 0.203. The summed E-state index contributed by atoms with van der Waals surface area (Å²) in [5, 5.41) is 0.622. The molecule has 0 saturated carbocycles. The van der Waals surface area contributed by atoms with Crippen LogP contribution in [0.2, 0.25) is 5.02 Å². The second kappa shape index (κ2) is 8.66. The maximum absolute atomic E-state index is 13.4. The summed E-state index contributed by atoms with van der Waals surface area (Å²) < 4.78 is 10.7. The Bertz CT molecular complexity index is 1200. The molecule has 3 aromatic carbocycles. The van der Waals surface area contributed by atoms with Gasteiger partial charge in [-0.2, -0.15) is 0 Å². The molecule has 31 heavy (non-hydrogen) atoms. The van der Waals surface area contributed by atoms with Crippen molar-refractivity contribution in [1.29, 1.82) is 0 Å². The van der Waals surface area contributed by atoms with Crippen molar-refractivity contribution in [3.63, 3.8) is 0 Å². The van der Waals surface area contributed by atoms with Crippen molar-refractivity contribution in [2.24, 2.45) is 4.99 Å². The maximum Gasteiger partial charge on any atom is 0.282 e. The molecule has 1 aliphatic heterocycles. The molecule has 4 rings (SSSR count). The SMILES string of the molecule is COc1ccc(C=C2N=C(c3ccc(Cl)cc3)N(c3cccc(C)c3)C2=O)cc1OC. The molecule has 1 heterocycles. The van der Waals surface area contributed by atoms with Crippen molar-refractivity contribution < 1.29 is 14.3 Å². The molecule has 0 aliphatic carbocycles. The third-order valence-corrected chi connectivity index (χ3v) is 5.19. The molecule has 5 nitrogen and oxygen atoms in total. The Morgan fingerprint density at radius 1 is 0.935 bits per heavy atom. The molecule has 0 atom stereocenters. The Hall–Kier alpha value is -3.57. The van der Waals surface area contributed by atoms with Gasteiger partial charge in [0.05, 0.1) is 19.9 Å². The lowest BCUT2D eigenvalue weighted by molar-refractivity contribution is -0.113. The number of rotatable bonds is 5. The van der Waals surface area contributed by atoms with Gasteiger partial charge in [-0.05, 0) is 72.7 Å². The van der Waals surface area contributed by atoms with Crippen LogP contribution in [0, 0.1) is 6.92 Å². The minimum atomic E-state index is -0.203. The first-order chi connectivity index (χ1) is 15.0. The molecule has 1 amide bonds. The van der Waals surface area contributed by atoms with Crippen LogP contribution < -0.4 is 14.4 Å². The van der Waals surface area contributed by atoms with Gasteiger partial charge in [0, 0.05) is 10.6 Å². The standard InChI is InChI=1S/C25H21ClN2O3/c1-16-5-4-6-20(13-16)28-24(18-8-10-19(26)11-9-18)27-21(25(28)29)14-17-7-12-22(30-2)23(15-17)31-3/h4-15H,1-3H3. The fourth-order valence-electron chi connectivity index (χ4n) is 3.42. The van der Waals surface area contributed by atoms with Gasteiger partial charge < -0.3 is 9.47 Å². The number of ether oxygens (including phenoxy) is 2. The number of hydrogen-bond acceptors (Lipinski definition) is 4. The monoisotopic (exact) mass is 432 g/mol. The molecule has 0 aromatic heterocycles. The van der Waals surface area contributed by atoms with E-state index in [9.17, 15) is 4.79 Å². The molecule has 156 valence electrons. The molecule has 0 radical (unpaired) electrons. The van der Waals surface area contributed by atoms with E-state index in [1.54, 1.807) is 43.4 Å². The number of carbonyl (C=O) groups excluding carboxylic acids is 1. The van der Waals surface area contributed by atoms with Gasteiger partial charge in [-0.3, -0.25) is 9.69 Å². The number of amidine groups is 1. The number of aryl methyl sites for hydroxylation is 1. The number of aliphatic imine (C=N–C) groups is 1. The lowest BCUT2D eigenvalue weighted by Gasteiger charge is -2.19. The van der Waals surface area contributed by atoms with E-state index in [0.717, 1.165) is 22.4 Å². The fraction of sp³-hybridized carbons (Fsp3) is 0.120. The number of methoxy groups -OCH3 is 2. The maximum atomic E-state index is 13.4. The van der Waals surface area contributed by atoms with Crippen molar-refractivity contribution in [3.8, 4) is 11.5 Å². The van der Waals surface area contributed by atoms with E-state index in [0.29, 0.717) is 28.1 Å². The first kappa shape index (κ1) is 20.7. The van der Waals surface area contributed by atoms with Crippen molar-refractivity contribution in [2.75, 3.05) is 19.1 Å². The number of hydrogen-bond donors (Lipinski definition) is 0. The van der Waals surface area contributed by atoms with Gasteiger partial charge in [-0.1, -0.05) is 29.8 Å². The van der Waals surface area contributed by atoms with Crippen molar-refractivity contribution in [2.45, 2.75) is 6.92 Å². The largest absolute Gasteiger partial charge is 0.493 e. The van der Waals surface area contributed by atoms with Gasteiger partial charge in [0.25, 0.3) is 5.91 Å². The zero-order chi connectivity index (χ0) is 22.0. The molecule has 0 spiro atoms. The van der Waals surface area contributed by atoms with E-state index in [1.165, 1.54) is 0 Å². The lowest BCUT2D eigenvalue weighted by Crippen LogP contribution is -2.32. The Labute approximate surface area is 186 Å². The first-order valence-corrected chi connectivity index (χ1v) is 10.1. The number of carbonyl (C=O) groups is 1. The zero-order valence-corrected chi connectivity index (χ0v) is 18.2. The van der Waals surface area contributed by atoms with Crippen LogP contribution in [0.15, 0.2) is 77.4 Å². The van der Waals surface area contributed by atoms with Gasteiger partial charge in [0.1, 0.15) is 11.5 Å². The summed E-state index contributed by atoms with van der Waals surface area (Å²) >= 11 is 6.06. The second-order valence-corrected chi connectivity index (χ2v) is 7.50. The van der Waals surface area contributed by atoms with Crippen LogP contribution in [0.25, 0.3) is 6.08 Å². The summed E-state index contributed by atoms with van der Waals surface area (Å²) in [4.78, 5) is 19.7. The van der Waals surface area contributed by atoms with Crippen molar-refractivity contribution >= 4 is 35.1 Å². The van der Waals surface area contributed by atoms with E-state index < -0.39 is 0 Å².